The fraction of sp³-hybridized carbons (Fsp3) is 0.579. The maximum Gasteiger partial charge on any atom is 0.407 e. The molecular weight excluding hydrogens is 368 g/mol. The molecule has 1 fully saturated rings. The Labute approximate surface area is 162 Å². The molecule has 0 bridgehead atoms. The van der Waals surface area contributed by atoms with E-state index in [2.05, 4.69) is 18.3 Å². The smallest absolute Gasteiger partial charge is 0.407 e. The number of hydrogen-bond donors (Lipinski definition) is 1. The van der Waals surface area contributed by atoms with Crippen molar-refractivity contribution in [2.75, 3.05) is 13.1 Å². The predicted octanol–water partition coefficient (Wildman–Crippen LogP) is 4.65. The normalized spacial score (nSPS) is 16.1. The third-order valence-electron chi connectivity index (χ3n) is 4.33. The van der Waals surface area contributed by atoms with Gasteiger partial charge in [-0.3, -0.25) is 4.79 Å². The molecule has 1 N–H and O–H groups in total. The Kier molecular flexibility index (Phi) is 5.58. The zero-order valence-electron chi connectivity index (χ0n) is 15.8. The minimum Gasteiger partial charge on any atom is -0.444 e. The second kappa shape index (κ2) is 7.56. The second-order valence-electron chi connectivity index (χ2n) is 7.63. The molecule has 26 heavy (non-hydrogen) atoms. The maximum absolute atomic E-state index is 12.8. The number of carbonyl (C=O) groups is 2. The van der Waals surface area contributed by atoms with Crippen LogP contribution in [0.2, 0.25) is 0 Å². The first-order valence-electron chi connectivity index (χ1n) is 9.06. The van der Waals surface area contributed by atoms with Gasteiger partial charge in [0.1, 0.15) is 5.60 Å². The number of carbonyl (C=O) groups excluding carboxylic acids is 2. The van der Waals surface area contributed by atoms with Crippen molar-refractivity contribution >= 4 is 44.1 Å². The van der Waals surface area contributed by atoms with Gasteiger partial charge in [-0.15, -0.1) is 22.7 Å². The van der Waals surface area contributed by atoms with Crippen LogP contribution in [0.15, 0.2) is 12.1 Å². The number of alkyl carbamates (subject to hydrolysis) is 1. The van der Waals surface area contributed by atoms with Crippen LogP contribution in [0.5, 0.6) is 0 Å². The topological polar surface area (TPSA) is 58.6 Å². The average molecular weight is 395 g/mol. The minimum atomic E-state index is -0.496. The zero-order chi connectivity index (χ0) is 18.9. The van der Waals surface area contributed by atoms with E-state index in [1.54, 1.807) is 22.7 Å². The van der Waals surface area contributed by atoms with E-state index < -0.39 is 5.60 Å². The molecule has 7 heteroatoms. The van der Waals surface area contributed by atoms with Gasteiger partial charge in [-0.05, 0) is 52.2 Å². The van der Waals surface area contributed by atoms with Crippen molar-refractivity contribution in [3.63, 3.8) is 0 Å². The van der Waals surface area contributed by atoms with E-state index in [0.717, 1.165) is 24.1 Å². The van der Waals surface area contributed by atoms with Crippen molar-refractivity contribution in [3.8, 4) is 0 Å². The molecule has 142 valence electrons. The summed E-state index contributed by atoms with van der Waals surface area (Å²) in [6.45, 7) is 9.02. The fourth-order valence-electron chi connectivity index (χ4n) is 3.03. The lowest BCUT2D eigenvalue weighted by Gasteiger charge is -2.32. The standard InChI is InChI=1S/C19H26N2O3S2/c1-5-14-10-12-11-15(26-17(12)25-14)16(22)21-8-6-13(7-9-21)20-18(23)24-19(2,3)4/h10-11,13H,5-9H2,1-4H3,(H,20,23). The Morgan fingerprint density at radius 3 is 2.50 bits per heavy atom. The molecule has 1 saturated heterocycles. The molecule has 5 nitrogen and oxygen atoms in total. The number of nitrogens with zero attached hydrogens (tertiary/aromatic N) is 1. The number of piperidine rings is 1. The second-order valence-corrected chi connectivity index (χ2v) is 10.1. The number of amides is 2. The largest absolute Gasteiger partial charge is 0.444 e. The van der Waals surface area contributed by atoms with E-state index >= 15 is 0 Å². The van der Waals surface area contributed by atoms with Crippen LogP contribution in [-0.4, -0.2) is 41.6 Å². The molecule has 0 aliphatic carbocycles. The lowest BCUT2D eigenvalue weighted by atomic mass is 10.1. The number of thiophene rings is 2. The van der Waals surface area contributed by atoms with Gasteiger partial charge in [0.25, 0.3) is 5.91 Å². The predicted molar refractivity (Wildman–Crippen MR) is 107 cm³/mol. The van der Waals surface area contributed by atoms with Crippen LogP contribution < -0.4 is 5.32 Å². The molecule has 2 amide bonds. The summed E-state index contributed by atoms with van der Waals surface area (Å²) < 4.78 is 6.53. The highest BCUT2D eigenvalue weighted by Crippen LogP contribution is 2.34. The third kappa shape index (κ3) is 4.57. The first-order valence-corrected chi connectivity index (χ1v) is 10.7. The number of ether oxygens (including phenoxy) is 1. The van der Waals surface area contributed by atoms with Crippen LogP contribution in [0.25, 0.3) is 9.40 Å². The van der Waals surface area contributed by atoms with Crippen LogP contribution in [0, 0.1) is 0 Å². The molecule has 0 atom stereocenters. The summed E-state index contributed by atoms with van der Waals surface area (Å²) in [6.07, 6.45) is 2.16. The first-order chi connectivity index (χ1) is 12.2. The van der Waals surface area contributed by atoms with Crippen LogP contribution in [0.4, 0.5) is 4.79 Å². The highest BCUT2D eigenvalue weighted by Gasteiger charge is 2.27. The van der Waals surface area contributed by atoms with E-state index in [0.29, 0.717) is 13.1 Å². The van der Waals surface area contributed by atoms with E-state index in [4.69, 9.17) is 4.74 Å². The summed E-state index contributed by atoms with van der Waals surface area (Å²) in [5.74, 6) is 0.104. The van der Waals surface area contributed by atoms with Gasteiger partial charge < -0.3 is 15.0 Å². The number of fused-ring (bicyclic) bond motifs is 1. The van der Waals surface area contributed by atoms with Gasteiger partial charge in [0, 0.05) is 29.4 Å². The molecule has 3 heterocycles. The van der Waals surface area contributed by atoms with Crippen molar-refractivity contribution < 1.29 is 14.3 Å². The molecule has 3 rings (SSSR count). The maximum atomic E-state index is 12.8. The summed E-state index contributed by atoms with van der Waals surface area (Å²) in [5.41, 5.74) is -0.496. The Morgan fingerprint density at radius 2 is 1.92 bits per heavy atom. The quantitative estimate of drug-likeness (QED) is 0.824. The molecule has 0 spiro atoms. The van der Waals surface area contributed by atoms with Gasteiger partial charge in [-0.1, -0.05) is 6.92 Å². The first kappa shape index (κ1) is 19.2. The zero-order valence-corrected chi connectivity index (χ0v) is 17.4. The van der Waals surface area contributed by atoms with Crippen molar-refractivity contribution in [2.24, 2.45) is 0 Å². The van der Waals surface area contributed by atoms with Gasteiger partial charge in [0.2, 0.25) is 0 Å². The number of likely N-dealkylation sites (tertiary alicyclic amines) is 1. The van der Waals surface area contributed by atoms with Crippen LogP contribution in [-0.2, 0) is 11.2 Å². The van der Waals surface area contributed by atoms with Crippen LogP contribution in [0.3, 0.4) is 0 Å². The van der Waals surface area contributed by atoms with E-state index in [1.807, 2.05) is 31.7 Å². The summed E-state index contributed by atoms with van der Waals surface area (Å²) in [5, 5.41) is 4.09. The van der Waals surface area contributed by atoms with Gasteiger partial charge in [0.15, 0.2) is 0 Å². The molecule has 1 aliphatic heterocycles. The van der Waals surface area contributed by atoms with Crippen LogP contribution in [0.1, 0.15) is 55.1 Å². The summed E-state index contributed by atoms with van der Waals surface area (Å²) in [7, 11) is 0. The average Bonchev–Trinajstić information content (AvgIpc) is 3.11. The van der Waals surface area contributed by atoms with Crippen molar-refractivity contribution in [1.82, 2.24) is 10.2 Å². The molecule has 0 saturated carbocycles. The number of nitrogens with one attached hydrogen (secondary N) is 1. The molecule has 0 aromatic carbocycles. The van der Waals surface area contributed by atoms with Gasteiger partial charge >= 0.3 is 6.09 Å². The van der Waals surface area contributed by atoms with E-state index in [-0.39, 0.29) is 18.0 Å². The molecule has 0 unspecified atom stereocenters. The molecule has 0 radical (unpaired) electrons. The third-order valence-corrected chi connectivity index (χ3v) is 6.85. The molecular formula is C19H26N2O3S2. The lowest BCUT2D eigenvalue weighted by Crippen LogP contribution is -2.47. The van der Waals surface area contributed by atoms with Gasteiger partial charge in [-0.2, -0.15) is 0 Å². The lowest BCUT2D eigenvalue weighted by molar-refractivity contribution is 0.0474. The molecule has 1 aliphatic rings. The Morgan fingerprint density at radius 1 is 1.23 bits per heavy atom. The number of hydrogen-bond acceptors (Lipinski definition) is 5. The summed E-state index contributed by atoms with van der Waals surface area (Å²) in [6, 6.07) is 4.26. The molecule has 2 aromatic heterocycles. The summed E-state index contributed by atoms with van der Waals surface area (Å²) >= 11 is 3.37. The number of rotatable bonds is 3. The fourth-order valence-corrected chi connectivity index (χ4v) is 5.43. The summed E-state index contributed by atoms with van der Waals surface area (Å²) in [4.78, 5) is 28.7. The highest BCUT2D eigenvalue weighted by molar-refractivity contribution is 7.39. The number of aryl methyl sites for hydroxylation is 1. The Balaban J connectivity index is 1.54. The Hall–Kier alpha value is -1.60. The van der Waals surface area contributed by atoms with Crippen molar-refractivity contribution in [1.29, 1.82) is 0 Å². The van der Waals surface area contributed by atoms with Crippen molar-refractivity contribution in [2.45, 2.75) is 58.6 Å². The Bertz CT molecular complexity index is 764. The molecule has 2 aromatic rings. The highest BCUT2D eigenvalue weighted by atomic mass is 32.2. The van der Waals surface area contributed by atoms with E-state index in [9.17, 15) is 9.59 Å². The van der Waals surface area contributed by atoms with Gasteiger partial charge in [0.05, 0.1) is 8.89 Å². The van der Waals surface area contributed by atoms with Crippen molar-refractivity contribution in [3.05, 3.63) is 21.9 Å². The van der Waals surface area contributed by atoms with E-state index in [1.165, 1.54) is 14.3 Å². The van der Waals surface area contributed by atoms with Crippen LogP contribution >= 0.6 is 22.7 Å². The monoisotopic (exact) mass is 394 g/mol. The SMILES string of the molecule is CCc1cc2cc(C(=O)N3CCC(NC(=O)OC(C)(C)C)CC3)sc2s1. The van der Waals surface area contributed by atoms with Gasteiger partial charge in [-0.25, -0.2) is 4.79 Å². The minimum absolute atomic E-state index is 0.0628.